The largest absolute Gasteiger partial charge is 0.383 e. The van der Waals surface area contributed by atoms with E-state index in [1.807, 2.05) is 13.0 Å². The van der Waals surface area contributed by atoms with Crippen molar-refractivity contribution < 1.29 is 9.47 Å². The summed E-state index contributed by atoms with van der Waals surface area (Å²) in [4.78, 5) is 10.7. The van der Waals surface area contributed by atoms with Crippen molar-refractivity contribution >= 4 is 11.6 Å². The van der Waals surface area contributed by atoms with Crippen molar-refractivity contribution in [2.45, 2.75) is 19.9 Å². The molecule has 0 fully saturated rings. The predicted octanol–water partition coefficient (Wildman–Crippen LogP) is 0.558. The number of aryl methyl sites for hydroxylation is 1. The zero-order valence-electron chi connectivity index (χ0n) is 12.0. The lowest BCUT2D eigenvalue weighted by Crippen LogP contribution is -2.39. The number of nitrogens with two attached hydrogens (primary N) is 1. The maximum absolute atomic E-state index is 5.41. The third-order valence-electron chi connectivity index (χ3n) is 2.74. The summed E-state index contributed by atoms with van der Waals surface area (Å²) in [5, 5.41) is 0. The van der Waals surface area contributed by atoms with Crippen molar-refractivity contribution in [3.8, 4) is 0 Å². The second kappa shape index (κ2) is 7.88. The molecule has 3 N–H and O–H groups in total. The fraction of sp³-hybridized carbons (Fsp3) is 0.667. The fourth-order valence-corrected chi connectivity index (χ4v) is 1.85. The lowest BCUT2D eigenvalue weighted by Gasteiger charge is -2.30. The van der Waals surface area contributed by atoms with E-state index in [1.54, 1.807) is 14.2 Å². The van der Waals surface area contributed by atoms with Gasteiger partial charge in [0.05, 0.1) is 19.3 Å². The molecule has 1 unspecified atom stereocenters. The lowest BCUT2D eigenvalue weighted by atomic mass is 10.3. The van der Waals surface area contributed by atoms with E-state index in [9.17, 15) is 0 Å². The van der Waals surface area contributed by atoms with Gasteiger partial charge in [-0.2, -0.15) is 0 Å². The molecule has 1 aromatic rings. The van der Waals surface area contributed by atoms with Crippen molar-refractivity contribution in [2.75, 3.05) is 44.3 Å². The van der Waals surface area contributed by atoms with Gasteiger partial charge in [0.1, 0.15) is 17.5 Å². The first-order valence-corrected chi connectivity index (χ1v) is 6.19. The van der Waals surface area contributed by atoms with E-state index >= 15 is 0 Å². The molecular formula is C12H23N5O2. The zero-order chi connectivity index (χ0) is 14.3. The van der Waals surface area contributed by atoms with Crippen LogP contribution in [0.15, 0.2) is 6.07 Å². The Hall–Kier alpha value is -1.44. The van der Waals surface area contributed by atoms with Gasteiger partial charge < -0.3 is 19.8 Å². The molecule has 0 saturated carbocycles. The van der Waals surface area contributed by atoms with E-state index in [2.05, 4.69) is 27.2 Å². The van der Waals surface area contributed by atoms with Crippen molar-refractivity contribution in [3.63, 3.8) is 0 Å². The van der Waals surface area contributed by atoms with Gasteiger partial charge in [-0.05, 0) is 13.8 Å². The quantitative estimate of drug-likeness (QED) is 0.526. The molecule has 0 aliphatic heterocycles. The molecule has 0 spiro atoms. The first-order chi connectivity index (χ1) is 9.12. The molecule has 7 nitrogen and oxygen atoms in total. The standard InChI is InChI=1S/C12H23N5O2/c1-9(8-19-4)17(5-6-18-3)12-7-11(16-13)14-10(2)15-12/h7,9H,5-6,8,13H2,1-4H3,(H,14,15,16). The van der Waals surface area contributed by atoms with E-state index in [0.29, 0.717) is 24.9 Å². The van der Waals surface area contributed by atoms with E-state index < -0.39 is 0 Å². The van der Waals surface area contributed by atoms with Gasteiger partial charge in [0.2, 0.25) is 0 Å². The Balaban J connectivity index is 2.97. The molecule has 0 aromatic carbocycles. The van der Waals surface area contributed by atoms with Gasteiger partial charge in [0.25, 0.3) is 0 Å². The number of aromatic nitrogens is 2. The van der Waals surface area contributed by atoms with E-state index in [-0.39, 0.29) is 6.04 Å². The minimum Gasteiger partial charge on any atom is -0.383 e. The number of anilines is 2. The third-order valence-corrected chi connectivity index (χ3v) is 2.74. The van der Waals surface area contributed by atoms with E-state index in [4.69, 9.17) is 15.3 Å². The van der Waals surface area contributed by atoms with Crippen LogP contribution in [0.4, 0.5) is 11.6 Å². The molecule has 0 saturated heterocycles. The number of nitrogens with one attached hydrogen (secondary N) is 1. The minimum atomic E-state index is 0.181. The number of ether oxygens (including phenoxy) is 2. The van der Waals surface area contributed by atoms with Crippen LogP contribution in [0.3, 0.4) is 0 Å². The molecule has 1 atom stereocenters. The minimum absolute atomic E-state index is 0.181. The molecular weight excluding hydrogens is 246 g/mol. The van der Waals surface area contributed by atoms with Gasteiger partial charge in [-0.1, -0.05) is 0 Å². The van der Waals surface area contributed by atoms with Gasteiger partial charge in [-0.15, -0.1) is 0 Å². The van der Waals surface area contributed by atoms with Gasteiger partial charge in [0.15, 0.2) is 0 Å². The highest BCUT2D eigenvalue weighted by Gasteiger charge is 2.17. The fourth-order valence-electron chi connectivity index (χ4n) is 1.85. The van der Waals surface area contributed by atoms with Gasteiger partial charge in [-0.3, -0.25) is 0 Å². The number of nitrogens with zero attached hydrogens (tertiary/aromatic N) is 3. The first-order valence-electron chi connectivity index (χ1n) is 6.19. The Labute approximate surface area is 114 Å². The summed E-state index contributed by atoms with van der Waals surface area (Å²) in [5.74, 6) is 7.48. The van der Waals surface area contributed by atoms with E-state index in [1.165, 1.54) is 0 Å². The molecule has 1 aromatic heterocycles. The van der Waals surface area contributed by atoms with Crippen LogP contribution in [0.1, 0.15) is 12.7 Å². The average Bonchev–Trinajstić information content (AvgIpc) is 2.39. The maximum Gasteiger partial charge on any atom is 0.145 e. The number of hydrogen-bond donors (Lipinski definition) is 2. The Morgan fingerprint density at radius 3 is 2.68 bits per heavy atom. The lowest BCUT2D eigenvalue weighted by molar-refractivity contribution is 0.170. The summed E-state index contributed by atoms with van der Waals surface area (Å²) < 4.78 is 10.3. The molecule has 7 heteroatoms. The Morgan fingerprint density at radius 1 is 1.37 bits per heavy atom. The Bertz CT molecular complexity index is 388. The molecule has 0 radical (unpaired) electrons. The second-order valence-corrected chi connectivity index (χ2v) is 4.29. The average molecular weight is 269 g/mol. The predicted molar refractivity (Wildman–Crippen MR) is 75.1 cm³/mol. The SMILES string of the molecule is COCCN(c1cc(NN)nc(C)n1)C(C)COC. The molecule has 108 valence electrons. The van der Waals surface area contributed by atoms with Crippen LogP contribution in [-0.4, -0.2) is 50.0 Å². The highest BCUT2D eigenvalue weighted by atomic mass is 16.5. The summed E-state index contributed by atoms with van der Waals surface area (Å²) in [5.41, 5.74) is 2.55. The zero-order valence-corrected chi connectivity index (χ0v) is 12.0. The summed E-state index contributed by atoms with van der Waals surface area (Å²) in [6.07, 6.45) is 0. The van der Waals surface area contributed by atoms with Crippen molar-refractivity contribution in [1.29, 1.82) is 0 Å². The molecule has 0 bridgehead atoms. The maximum atomic E-state index is 5.41. The summed E-state index contributed by atoms with van der Waals surface area (Å²) >= 11 is 0. The van der Waals surface area contributed by atoms with Crippen LogP contribution in [0.5, 0.6) is 0 Å². The molecule has 19 heavy (non-hydrogen) atoms. The first kappa shape index (κ1) is 15.6. The van der Waals surface area contributed by atoms with Gasteiger partial charge in [-0.25, -0.2) is 15.8 Å². The topological polar surface area (TPSA) is 85.5 Å². The number of methoxy groups -OCH3 is 2. The normalized spacial score (nSPS) is 12.3. The summed E-state index contributed by atoms with van der Waals surface area (Å²) in [6, 6.07) is 1.99. The molecule has 0 aliphatic carbocycles. The van der Waals surface area contributed by atoms with Crippen molar-refractivity contribution in [1.82, 2.24) is 9.97 Å². The number of hydrogen-bond acceptors (Lipinski definition) is 7. The summed E-state index contributed by atoms with van der Waals surface area (Å²) in [6.45, 7) is 5.86. The number of hydrazine groups is 1. The number of nitrogen functional groups attached to an aromatic ring is 1. The second-order valence-electron chi connectivity index (χ2n) is 4.29. The molecule has 1 rings (SSSR count). The van der Waals surface area contributed by atoms with Crippen molar-refractivity contribution in [3.05, 3.63) is 11.9 Å². The smallest absolute Gasteiger partial charge is 0.145 e. The van der Waals surface area contributed by atoms with Crippen LogP contribution < -0.4 is 16.2 Å². The Kier molecular flexibility index (Phi) is 6.48. The third kappa shape index (κ3) is 4.62. The molecule has 0 amide bonds. The van der Waals surface area contributed by atoms with Gasteiger partial charge >= 0.3 is 0 Å². The van der Waals surface area contributed by atoms with Gasteiger partial charge in [0, 0.05) is 26.8 Å². The molecule has 0 aliphatic rings. The highest BCUT2D eigenvalue weighted by molar-refractivity contribution is 5.49. The van der Waals surface area contributed by atoms with Crippen LogP contribution in [0, 0.1) is 6.92 Å². The van der Waals surface area contributed by atoms with Crippen LogP contribution in [0.2, 0.25) is 0 Å². The van der Waals surface area contributed by atoms with Crippen LogP contribution in [-0.2, 0) is 9.47 Å². The monoisotopic (exact) mass is 269 g/mol. The van der Waals surface area contributed by atoms with Crippen LogP contribution >= 0.6 is 0 Å². The van der Waals surface area contributed by atoms with Crippen molar-refractivity contribution in [2.24, 2.45) is 5.84 Å². The molecule has 1 heterocycles. The van der Waals surface area contributed by atoms with Crippen LogP contribution in [0.25, 0.3) is 0 Å². The summed E-state index contributed by atoms with van der Waals surface area (Å²) in [7, 11) is 3.36. The highest BCUT2D eigenvalue weighted by Crippen LogP contribution is 2.17. The number of rotatable bonds is 8. The van der Waals surface area contributed by atoms with E-state index in [0.717, 1.165) is 12.4 Å². The Morgan fingerprint density at radius 2 is 2.11 bits per heavy atom.